The second-order valence-corrected chi connectivity index (χ2v) is 9.32. The average molecular weight is 454 g/mol. The number of piperidine rings is 1. The Morgan fingerprint density at radius 1 is 1.06 bits per heavy atom. The van der Waals surface area contributed by atoms with Crippen LogP contribution in [0.2, 0.25) is 0 Å². The van der Waals surface area contributed by atoms with Gasteiger partial charge in [0.1, 0.15) is 0 Å². The molecular weight excluding hydrogens is 418 g/mol. The number of likely N-dealkylation sites (tertiary alicyclic amines) is 1. The molecule has 2 aromatic rings. The summed E-state index contributed by atoms with van der Waals surface area (Å²) in [6.07, 6.45) is 3.53. The molecule has 2 heterocycles. The molecule has 0 bridgehead atoms. The van der Waals surface area contributed by atoms with Crippen LogP contribution < -0.4 is 9.47 Å². The van der Waals surface area contributed by atoms with E-state index in [1.54, 1.807) is 20.3 Å². The van der Waals surface area contributed by atoms with Gasteiger partial charge in [-0.2, -0.15) is 0 Å². The Kier molecular flexibility index (Phi) is 7.25. The minimum atomic E-state index is -0.261. The normalized spacial score (nSPS) is 22.4. The summed E-state index contributed by atoms with van der Waals surface area (Å²) in [7, 11) is 3.38. The molecule has 2 atom stereocenters. The van der Waals surface area contributed by atoms with Gasteiger partial charge < -0.3 is 23.8 Å². The number of rotatable bonds is 6. The van der Waals surface area contributed by atoms with E-state index < -0.39 is 0 Å². The van der Waals surface area contributed by atoms with E-state index in [0.717, 1.165) is 25.7 Å². The Labute approximate surface area is 196 Å². The van der Waals surface area contributed by atoms with Crippen LogP contribution in [0.15, 0.2) is 48.5 Å². The highest BCUT2D eigenvalue weighted by atomic mass is 16.5. The van der Waals surface area contributed by atoms with Crippen LogP contribution in [0, 0.1) is 0 Å². The first-order valence-electron chi connectivity index (χ1n) is 11.8. The molecule has 6 heteroatoms. The number of carbonyl (C=O) groups is 1. The van der Waals surface area contributed by atoms with Gasteiger partial charge in [-0.15, -0.1) is 0 Å². The fourth-order valence-corrected chi connectivity index (χ4v) is 4.96. The molecule has 0 radical (unpaired) electrons. The van der Waals surface area contributed by atoms with E-state index >= 15 is 0 Å². The van der Waals surface area contributed by atoms with Gasteiger partial charge in [0.05, 0.1) is 31.0 Å². The van der Waals surface area contributed by atoms with Crippen molar-refractivity contribution in [3.05, 3.63) is 59.7 Å². The molecule has 1 spiro atoms. The van der Waals surface area contributed by atoms with Crippen molar-refractivity contribution in [3.8, 4) is 11.5 Å². The largest absolute Gasteiger partial charge is 0.493 e. The number of methoxy groups -OCH3 is 2. The van der Waals surface area contributed by atoms with Gasteiger partial charge in [-0.25, -0.2) is 0 Å². The zero-order chi connectivity index (χ0) is 23.4. The molecule has 2 saturated heterocycles. The number of amides is 1. The smallest absolute Gasteiger partial charge is 0.253 e. The van der Waals surface area contributed by atoms with E-state index in [0.29, 0.717) is 30.2 Å². The first-order valence-corrected chi connectivity index (χ1v) is 11.8. The molecule has 2 aliphatic heterocycles. The zero-order valence-corrected chi connectivity index (χ0v) is 20.1. The molecule has 0 unspecified atom stereocenters. The third kappa shape index (κ3) is 5.33. The van der Waals surface area contributed by atoms with Gasteiger partial charge in [0.25, 0.3) is 5.91 Å². The highest BCUT2D eigenvalue weighted by Gasteiger charge is 2.45. The number of nitrogens with zero attached hydrogens (tertiary/aromatic N) is 1. The summed E-state index contributed by atoms with van der Waals surface area (Å²) >= 11 is 0. The third-order valence-corrected chi connectivity index (χ3v) is 6.71. The van der Waals surface area contributed by atoms with Crippen molar-refractivity contribution in [2.75, 3.05) is 27.3 Å². The summed E-state index contributed by atoms with van der Waals surface area (Å²) in [4.78, 5) is 15.2. The molecular formula is C27H35NO5. The van der Waals surface area contributed by atoms with Crippen LogP contribution in [0.1, 0.15) is 61.6 Å². The van der Waals surface area contributed by atoms with Crippen molar-refractivity contribution < 1.29 is 23.7 Å². The van der Waals surface area contributed by atoms with Gasteiger partial charge in [0.15, 0.2) is 11.5 Å². The monoisotopic (exact) mass is 453 g/mol. The van der Waals surface area contributed by atoms with E-state index in [1.807, 2.05) is 36.9 Å². The van der Waals surface area contributed by atoms with E-state index in [1.165, 1.54) is 5.56 Å². The molecule has 6 nitrogen and oxygen atoms in total. The summed E-state index contributed by atoms with van der Waals surface area (Å²) in [5.74, 6) is 1.24. The number of hydrogen-bond acceptors (Lipinski definition) is 5. The SMILES string of the molecule is COc1cc(C(=O)N2CCC3(CC2)C[C@H](OC)C[C@H](c2ccccc2)O3)ccc1OC(C)C. The van der Waals surface area contributed by atoms with Crippen molar-refractivity contribution >= 4 is 5.91 Å². The van der Waals surface area contributed by atoms with Crippen molar-refractivity contribution in [3.63, 3.8) is 0 Å². The van der Waals surface area contributed by atoms with Crippen LogP contribution >= 0.6 is 0 Å². The lowest BCUT2D eigenvalue weighted by Crippen LogP contribution is -2.52. The number of carbonyl (C=O) groups excluding carboxylic acids is 1. The van der Waals surface area contributed by atoms with Crippen LogP contribution in [0.5, 0.6) is 11.5 Å². The van der Waals surface area contributed by atoms with E-state index in [4.69, 9.17) is 18.9 Å². The van der Waals surface area contributed by atoms with E-state index in [-0.39, 0.29) is 29.8 Å². The molecule has 0 N–H and O–H groups in total. The molecule has 0 saturated carbocycles. The van der Waals surface area contributed by atoms with Crippen molar-refractivity contribution in [1.29, 1.82) is 0 Å². The summed E-state index contributed by atoms with van der Waals surface area (Å²) in [5, 5.41) is 0. The maximum Gasteiger partial charge on any atom is 0.253 e. The summed E-state index contributed by atoms with van der Waals surface area (Å²) in [6.45, 7) is 5.24. The lowest BCUT2D eigenvalue weighted by molar-refractivity contribution is -0.186. The molecule has 2 fully saturated rings. The predicted molar refractivity (Wildman–Crippen MR) is 127 cm³/mol. The first-order chi connectivity index (χ1) is 15.9. The Morgan fingerprint density at radius 3 is 2.42 bits per heavy atom. The number of ether oxygens (including phenoxy) is 4. The molecule has 0 aliphatic carbocycles. The van der Waals surface area contributed by atoms with Crippen molar-refractivity contribution in [2.24, 2.45) is 0 Å². The molecule has 178 valence electrons. The van der Waals surface area contributed by atoms with Gasteiger partial charge in [-0.3, -0.25) is 4.79 Å². The van der Waals surface area contributed by atoms with Gasteiger partial charge in [-0.1, -0.05) is 30.3 Å². The summed E-state index contributed by atoms with van der Waals surface area (Å²) in [6, 6.07) is 15.8. The molecule has 4 rings (SSSR count). The van der Waals surface area contributed by atoms with E-state index in [9.17, 15) is 4.79 Å². The van der Waals surface area contributed by atoms with Gasteiger partial charge >= 0.3 is 0 Å². The highest BCUT2D eigenvalue weighted by Crippen LogP contribution is 2.44. The van der Waals surface area contributed by atoms with Crippen LogP contribution in [-0.2, 0) is 9.47 Å². The number of benzene rings is 2. The topological polar surface area (TPSA) is 57.2 Å². The minimum absolute atomic E-state index is 0.0120. The fraction of sp³-hybridized carbons (Fsp3) is 0.519. The maximum atomic E-state index is 13.2. The van der Waals surface area contributed by atoms with Crippen LogP contribution in [-0.4, -0.2) is 55.9 Å². The van der Waals surface area contributed by atoms with Gasteiger partial charge in [0, 0.05) is 38.6 Å². The summed E-state index contributed by atoms with van der Waals surface area (Å²) in [5.41, 5.74) is 1.54. The Morgan fingerprint density at radius 2 is 1.79 bits per heavy atom. The van der Waals surface area contributed by atoms with Crippen molar-refractivity contribution in [1.82, 2.24) is 4.90 Å². The second-order valence-electron chi connectivity index (χ2n) is 9.32. The van der Waals surface area contributed by atoms with Crippen LogP contribution in [0.3, 0.4) is 0 Å². The zero-order valence-electron chi connectivity index (χ0n) is 20.1. The first kappa shape index (κ1) is 23.6. The average Bonchev–Trinajstić information content (AvgIpc) is 2.84. The quantitative estimate of drug-likeness (QED) is 0.614. The third-order valence-electron chi connectivity index (χ3n) is 6.71. The molecule has 0 aromatic heterocycles. The Bertz CT molecular complexity index is 937. The molecule has 33 heavy (non-hydrogen) atoms. The van der Waals surface area contributed by atoms with Crippen LogP contribution in [0.4, 0.5) is 0 Å². The lowest BCUT2D eigenvalue weighted by Gasteiger charge is -2.48. The van der Waals surface area contributed by atoms with Gasteiger partial charge in [-0.05, 0) is 50.5 Å². The molecule has 2 aromatic carbocycles. The highest BCUT2D eigenvalue weighted by molar-refractivity contribution is 5.95. The van der Waals surface area contributed by atoms with Gasteiger partial charge in [0.2, 0.25) is 0 Å². The molecule has 2 aliphatic rings. The molecule has 1 amide bonds. The maximum absolute atomic E-state index is 13.2. The van der Waals surface area contributed by atoms with Crippen molar-refractivity contribution in [2.45, 2.75) is 63.4 Å². The standard InChI is InChI=1S/C27H35NO5/c1-19(2)32-23-11-10-21(16-25(23)31-4)26(29)28-14-12-27(13-15-28)18-22(30-3)17-24(33-27)20-8-6-5-7-9-20/h5-11,16,19,22,24H,12-15,17-18H2,1-4H3/t22-,24-/m1/s1. The predicted octanol–water partition coefficient (Wildman–Crippen LogP) is 5.02. The minimum Gasteiger partial charge on any atom is -0.493 e. The van der Waals surface area contributed by atoms with E-state index in [2.05, 4.69) is 24.3 Å². The van der Waals surface area contributed by atoms with Crippen LogP contribution in [0.25, 0.3) is 0 Å². The fourth-order valence-electron chi connectivity index (χ4n) is 4.96. The second kappa shape index (κ2) is 10.1. The Balaban J connectivity index is 1.45. The number of hydrogen-bond donors (Lipinski definition) is 0. The lowest BCUT2D eigenvalue weighted by atomic mass is 9.80. The summed E-state index contributed by atoms with van der Waals surface area (Å²) < 4.78 is 23.7. The Hall–Kier alpha value is -2.57.